The van der Waals surface area contributed by atoms with Crippen molar-refractivity contribution in [1.82, 2.24) is 24.8 Å². The number of nitrogens with one attached hydrogen (secondary N) is 2. The van der Waals surface area contributed by atoms with Gasteiger partial charge >= 0.3 is 11.7 Å². The van der Waals surface area contributed by atoms with E-state index in [0.29, 0.717) is 29.3 Å². The van der Waals surface area contributed by atoms with E-state index in [1.165, 1.54) is 31.1 Å². The van der Waals surface area contributed by atoms with Crippen LogP contribution in [0.5, 0.6) is 11.5 Å². The Bertz CT molecular complexity index is 1690. The molecule has 1 aliphatic carbocycles. The first-order valence-corrected chi connectivity index (χ1v) is 13.9. The zero-order valence-electron chi connectivity index (χ0n) is 22.7. The number of likely N-dealkylation sites (tertiary alicyclic amines) is 1. The molecule has 10 nitrogen and oxygen atoms in total. The highest BCUT2D eigenvalue weighted by molar-refractivity contribution is 5.77. The molecule has 2 aromatic carbocycles. The minimum Gasteiger partial charge on any atom is -0.469 e. The molecular weight excluding hydrogens is 527 g/mol. The van der Waals surface area contributed by atoms with Crippen molar-refractivity contribution in [3.63, 3.8) is 0 Å². The predicted octanol–water partition coefficient (Wildman–Crippen LogP) is 3.96. The predicted molar refractivity (Wildman–Crippen MR) is 149 cm³/mol. The van der Waals surface area contributed by atoms with E-state index in [1.807, 2.05) is 12.1 Å². The molecule has 4 heterocycles. The van der Waals surface area contributed by atoms with Crippen molar-refractivity contribution in [1.29, 1.82) is 0 Å². The van der Waals surface area contributed by atoms with Crippen LogP contribution in [0.1, 0.15) is 36.3 Å². The molecule has 0 amide bonds. The first kappa shape index (κ1) is 25.7. The quantitative estimate of drug-likeness (QED) is 0.328. The van der Waals surface area contributed by atoms with E-state index in [2.05, 4.69) is 35.8 Å². The summed E-state index contributed by atoms with van der Waals surface area (Å²) < 4.78 is 25.4. The van der Waals surface area contributed by atoms with E-state index in [4.69, 9.17) is 9.47 Å². The summed E-state index contributed by atoms with van der Waals surface area (Å²) in [6.45, 7) is 4.51. The van der Waals surface area contributed by atoms with E-state index in [9.17, 15) is 14.0 Å². The van der Waals surface area contributed by atoms with Gasteiger partial charge in [-0.15, -0.1) is 0 Å². The Morgan fingerprint density at radius 2 is 1.95 bits per heavy atom. The molecule has 4 aromatic rings. The topological polar surface area (TPSA) is 116 Å². The van der Waals surface area contributed by atoms with Crippen molar-refractivity contribution in [2.75, 3.05) is 38.2 Å². The number of ether oxygens (including phenoxy) is 2. The highest BCUT2D eigenvalue weighted by atomic mass is 19.1. The Morgan fingerprint density at radius 1 is 1.10 bits per heavy atom. The maximum atomic E-state index is 14.2. The molecule has 41 heavy (non-hydrogen) atoms. The number of halogens is 1. The van der Waals surface area contributed by atoms with Gasteiger partial charge in [0.2, 0.25) is 0 Å². The number of carbonyl (C=O) groups is 1. The molecule has 2 aliphatic heterocycles. The number of fused-ring (bicyclic) bond motifs is 1. The molecule has 2 aromatic heterocycles. The Hall–Kier alpha value is -4.25. The van der Waals surface area contributed by atoms with Crippen molar-refractivity contribution < 1.29 is 18.7 Å². The molecule has 1 spiro atoms. The van der Waals surface area contributed by atoms with Crippen molar-refractivity contribution in [3.8, 4) is 11.5 Å². The highest BCUT2D eigenvalue weighted by Crippen LogP contribution is 2.52. The number of rotatable bonds is 7. The van der Waals surface area contributed by atoms with Gasteiger partial charge in [-0.3, -0.25) is 9.69 Å². The maximum absolute atomic E-state index is 14.2. The number of benzene rings is 2. The van der Waals surface area contributed by atoms with Gasteiger partial charge in [0.15, 0.2) is 11.6 Å². The monoisotopic (exact) mass is 558 g/mol. The van der Waals surface area contributed by atoms with Gasteiger partial charge in [0.05, 0.1) is 30.3 Å². The number of hydrogen-bond acceptors (Lipinski definition) is 8. The van der Waals surface area contributed by atoms with Gasteiger partial charge in [-0.25, -0.2) is 19.2 Å². The normalized spacial score (nSPS) is 23.9. The summed E-state index contributed by atoms with van der Waals surface area (Å²) in [7, 11) is 1.37. The van der Waals surface area contributed by atoms with Crippen LogP contribution in [0.4, 0.5) is 10.2 Å². The van der Waals surface area contributed by atoms with Gasteiger partial charge in [-0.1, -0.05) is 6.07 Å². The van der Waals surface area contributed by atoms with Crippen molar-refractivity contribution >= 4 is 22.8 Å². The Morgan fingerprint density at radius 3 is 2.83 bits per heavy atom. The molecule has 2 unspecified atom stereocenters. The lowest BCUT2D eigenvalue weighted by Crippen LogP contribution is -2.31. The minimum absolute atomic E-state index is 0.140. The summed E-state index contributed by atoms with van der Waals surface area (Å²) in [6.07, 6.45) is 5.91. The number of nitrogens with zero attached hydrogens (tertiary/aromatic N) is 4. The summed E-state index contributed by atoms with van der Waals surface area (Å²) in [6, 6.07) is 10.5. The fraction of sp³-hybridized carbons (Fsp3) is 0.400. The van der Waals surface area contributed by atoms with E-state index in [1.54, 1.807) is 12.3 Å². The molecule has 11 heteroatoms. The van der Waals surface area contributed by atoms with Gasteiger partial charge < -0.3 is 24.3 Å². The number of H-pyrrole nitrogens is 2. The smallest absolute Gasteiger partial charge is 0.323 e. The molecule has 2 saturated heterocycles. The molecular formula is C30H31FN6O4. The summed E-state index contributed by atoms with van der Waals surface area (Å²) in [5, 5.41) is 0. The maximum Gasteiger partial charge on any atom is 0.323 e. The number of imidazole rings is 1. The summed E-state index contributed by atoms with van der Waals surface area (Å²) >= 11 is 0. The fourth-order valence-corrected chi connectivity index (χ4v) is 6.64. The first-order chi connectivity index (χ1) is 19.9. The molecule has 212 valence electrons. The van der Waals surface area contributed by atoms with Crippen LogP contribution in [-0.4, -0.2) is 64.1 Å². The summed E-state index contributed by atoms with van der Waals surface area (Å²) in [5.74, 6) is 0.637. The average molecular weight is 559 g/mol. The van der Waals surface area contributed by atoms with Crippen molar-refractivity contribution in [2.45, 2.75) is 31.7 Å². The van der Waals surface area contributed by atoms with Crippen LogP contribution in [0.3, 0.4) is 0 Å². The van der Waals surface area contributed by atoms with E-state index >= 15 is 0 Å². The third-order valence-electron chi connectivity index (χ3n) is 8.79. The average Bonchev–Trinajstić information content (AvgIpc) is 3.29. The largest absolute Gasteiger partial charge is 0.469 e. The van der Waals surface area contributed by atoms with Gasteiger partial charge in [0.25, 0.3) is 0 Å². The van der Waals surface area contributed by atoms with Crippen LogP contribution in [0.15, 0.2) is 53.7 Å². The number of aromatic nitrogens is 4. The zero-order valence-corrected chi connectivity index (χ0v) is 22.7. The van der Waals surface area contributed by atoms with Gasteiger partial charge in [0.1, 0.15) is 17.9 Å². The third kappa shape index (κ3) is 4.94. The lowest BCUT2D eigenvalue weighted by molar-refractivity contribution is -0.142. The SMILES string of the molecule is COC(=O)[C@@H]1CC1c1cc(F)ccc1Oc1cncnc1N1CCC2(CCN(Cc3ccc4[nH]c(=O)[nH]c4c3)C2)C1. The summed E-state index contributed by atoms with van der Waals surface area (Å²) in [5.41, 5.74) is 3.44. The van der Waals surface area contributed by atoms with E-state index in [-0.39, 0.29) is 34.7 Å². The highest BCUT2D eigenvalue weighted by Gasteiger charge is 2.47. The van der Waals surface area contributed by atoms with Crippen LogP contribution in [0, 0.1) is 17.2 Å². The Labute approximate surface area is 235 Å². The molecule has 3 aliphatic rings. The standard InChI is InChI=1S/C30H31FN6O4/c1-40-28(38)22-12-20(22)21-11-19(31)3-5-25(21)41-26-13-32-17-33-27(26)37-9-7-30(16-37)6-8-36(15-30)14-18-2-4-23-24(10-18)35-29(39)34-23/h2-5,10-11,13,17,20,22H,6-9,12,14-16H2,1H3,(H2,34,35,39)/t20?,22-,30?/m1/s1. The van der Waals surface area contributed by atoms with E-state index < -0.39 is 0 Å². The zero-order chi connectivity index (χ0) is 28.1. The third-order valence-corrected chi connectivity index (χ3v) is 8.79. The minimum atomic E-state index is -0.374. The Balaban J connectivity index is 1.06. The number of methoxy groups -OCH3 is 1. The first-order valence-electron chi connectivity index (χ1n) is 13.9. The molecule has 7 rings (SSSR count). The Kier molecular flexibility index (Phi) is 6.26. The van der Waals surface area contributed by atoms with Gasteiger partial charge in [0, 0.05) is 43.1 Å². The second-order valence-corrected chi connectivity index (χ2v) is 11.6. The number of anilines is 1. The van der Waals surface area contributed by atoms with Crippen LogP contribution in [0.2, 0.25) is 0 Å². The second-order valence-electron chi connectivity index (χ2n) is 11.6. The number of aromatic amines is 2. The summed E-state index contributed by atoms with van der Waals surface area (Å²) in [4.78, 5) is 42.8. The molecule has 3 fully saturated rings. The van der Waals surface area contributed by atoms with E-state index in [0.717, 1.165) is 56.6 Å². The number of hydrogen-bond donors (Lipinski definition) is 2. The van der Waals surface area contributed by atoms with Crippen molar-refractivity contribution in [2.24, 2.45) is 11.3 Å². The molecule has 1 saturated carbocycles. The lowest BCUT2D eigenvalue weighted by atomic mass is 9.86. The molecule has 0 radical (unpaired) electrons. The van der Waals surface area contributed by atoms with Crippen LogP contribution >= 0.6 is 0 Å². The fourth-order valence-electron chi connectivity index (χ4n) is 6.64. The van der Waals surface area contributed by atoms with Crippen LogP contribution in [0.25, 0.3) is 11.0 Å². The van der Waals surface area contributed by atoms with Gasteiger partial charge in [-0.2, -0.15) is 0 Å². The van der Waals surface area contributed by atoms with Crippen LogP contribution in [-0.2, 0) is 16.1 Å². The number of esters is 1. The molecule has 3 atom stereocenters. The molecule has 0 bridgehead atoms. The number of carbonyl (C=O) groups excluding carboxylic acids is 1. The molecule has 2 N–H and O–H groups in total. The lowest BCUT2D eigenvalue weighted by Gasteiger charge is -2.26. The van der Waals surface area contributed by atoms with Crippen molar-refractivity contribution in [3.05, 3.63) is 76.4 Å². The van der Waals surface area contributed by atoms with Crippen LogP contribution < -0.4 is 15.3 Å². The van der Waals surface area contributed by atoms with Gasteiger partial charge in [-0.05, 0) is 61.7 Å². The second kappa shape index (κ2) is 9.99.